The highest BCUT2D eigenvalue weighted by Gasteiger charge is 2.26. The van der Waals surface area contributed by atoms with E-state index in [4.69, 9.17) is 0 Å². The van der Waals surface area contributed by atoms with E-state index in [1.165, 1.54) is 6.07 Å². The summed E-state index contributed by atoms with van der Waals surface area (Å²) in [4.78, 5) is 8.20. The molecule has 0 aromatic carbocycles. The second kappa shape index (κ2) is 11.0. The number of rotatable bonds is 5. The second-order valence-electron chi connectivity index (χ2n) is 5.66. The Morgan fingerprint density at radius 1 is 1.50 bits per heavy atom. The van der Waals surface area contributed by atoms with Gasteiger partial charge < -0.3 is 10.6 Å². The maximum Gasteiger partial charge on any atom is 0.191 e. The molecule has 1 aliphatic carbocycles. The molecule has 3 unspecified atom stereocenters. The maximum atomic E-state index is 13.6. The van der Waals surface area contributed by atoms with Gasteiger partial charge in [0, 0.05) is 41.1 Å². The SMILES string of the molecule is CCS(=O)C1CCCC(NC(=NC)NCc2ncccc2F)C1.I. The molecule has 5 nitrogen and oxygen atoms in total. The van der Waals surface area contributed by atoms with Gasteiger partial charge in [-0.1, -0.05) is 13.3 Å². The lowest BCUT2D eigenvalue weighted by Gasteiger charge is -2.30. The van der Waals surface area contributed by atoms with Crippen LogP contribution in [-0.4, -0.2) is 39.2 Å². The number of nitrogens with one attached hydrogen (secondary N) is 2. The molecule has 0 amide bonds. The van der Waals surface area contributed by atoms with Crippen molar-refractivity contribution >= 4 is 40.7 Å². The van der Waals surface area contributed by atoms with Crippen LogP contribution in [0.3, 0.4) is 0 Å². The van der Waals surface area contributed by atoms with Gasteiger partial charge >= 0.3 is 0 Å². The molecule has 136 valence electrons. The van der Waals surface area contributed by atoms with E-state index in [0.717, 1.165) is 25.7 Å². The molecule has 2 N–H and O–H groups in total. The minimum absolute atomic E-state index is 0. The molecule has 0 aliphatic heterocycles. The van der Waals surface area contributed by atoms with Gasteiger partial charge in [0.15, 0.2) is 5.96 Å². The van der Waals surface area contributed by atoms with Crippen molar-refractivity contribution in [1.82, 2.24) is 15.6 Å². The molecule has 8 heteroatoms. The molecule has 0 spiro atoms. The Hall–Kier alpha value is -0.770. The van der Waals surface area contributed by atoms with Crippen molar-refractivity contribution in [2.24, 2.45) is 4.99 Å². The van der Waals surface area contributed by atoms with Crippen LogP contribution in [0.1, 0.15) is 38.3 Å². The zero-order chi connectivity index (χ0) is 16.7. The molecule has 1 heterocycles. The van der Waals surface area contributed by atoms with Crippen molar-refractivity contribution in [3.63, 3.8) is 0 Å². The molecule has 2 rings (SSSR count). The van der Waals surface area contributed by atoms with E-state index in [9.17, 15) is 8.60 Å². The lowest BCUT2D eigenvalue weighted by Crippen LogP contribution is -2.46. The van der Waals surface area contributed by atoms with Crippen molar-refractivity contribution in [2.45, 2.75) is 50.4 Å². The van der Waals surface area contributed by atoms with Gasteiger partial charge in [0.25, 0.3) is 0 Å². The van der Waals surface area contributed by atoms with E-state index < -0.39 is 10.8 Å². The van der Waals surface area contributed by atoms with Gasteiger partial charge in [-0.25, -0.2) is 4.39 Å². The highest BCUT2D eigenvalue weighted by Crippen LogP contribution is 2.22. The minimum Gasteiger partial charge on any atom is -0.354 e. The van der Waals surface area contributed by atoms with Crippen LogP contribution in [-0.2, 0) is 17.3 Å². The number of nitrogens with zero attached hydrogens (tertiary/aromatic N) is 2. The van der Waals surface area contributed by atoms with Crippen molar-refractivity contribution < 1.29 is 8.60 Å². The average molecular weight is 468 g/mol. The van der Waals surface area contributed by atoms with E-state index in [2.05, 4.69) is 20.6 Å². The predicted octanol–water partition coefficient (Wildman–Crippen LogP) is 2.58. The quantitative estimate of drug-likeness (QED) is 0.396. The molecule has 0 bridgehead atoms. The number of halogens is 2. The summed E-state index contributed by atoms with van der Waals surface area (Å²) < 4.78 is 25.6. The third kappa shape index (κ3) is 6.27. The van der Waals surface area contributed by atoms with Gasteiger partial charge in [0.05, 0.1) is 12.2 Å². The first kappa shape index (κ1) is 21.3. The zero-order valence-electron chi connectivity index (χ0n) is 14.1. The fourth-order valence-corrected chi connectivity index (χ4v) is 4.20. The van der Waals surface area contributed by atoms with Gasteiger partial charge in [-0.3, -0.25) is 14.2 Å². The smallest absolute Gasteiger partial charge is 0.191 e. The standard InChI is InChI=1S/C16H25FN4OS.HI/c1-3-23(22)13-7-4-6-12(10-13)21-16(18-2)20-11-15-14(17)8-5-9-19-15;/h5,8-9,12-13H,3-4,6-7,10-11H2,1-2H3,(H2,18,20,21);1H. The Bertz CT molecular complexity index is 573. The van der Waals surface area contributed by atoms with Gasteiger partial charge in [-0.2, -0.15) is 0 Å². The summed E-state index contributed by atoms with van der Waals surface area (Å²) in [6.07, 6.45) is 5.60. The second-order valence-corrected chi connectivity index (χ2v) is 7.66. The third-order valence-corrected chi connectivity index (χ3v) is 5.85. The van der Waals surface area contributed by atoms with Crippen molar-refractivity contribution in [3.8, 4) is 0 Å². The number of aromatic nitrogens is 1. The molecule has 3 atom stereocenters. The van der Waals surface area contributed by atoms with Crippen LogP contribution in [0.25, 0.3) is 0 Å². The number of hydrogen-bond acceptors (Lipinski definition) is 3. The normalized spacial score (nSPS) is 22.4. The lowest BCUT2D eigenvalue weighted by molar-refractivity contribution is 0.413. The highest BCUT2D eigenvalue weighted by atomic mass is 127. The molecule has 1 aliphatic rings. The highest BCUT2D eigenvalue weighted by molar-refractivity contribution is 14.0. The topological polar surface area (TPSA) is 66.4 Å². The summed E-state index contributed by atoms with van der Waals surface area (Å²) in [5.74, 6) is 1.01. The summed E-state index contributed by atoms with van der Waals surface area (Å²) >= 11 is 0. The van der Waals surface area contributed by atoms with Crippen molar-refractivity contribution in [2.75, 3.05) is 12.8 Å². The molecular weight excluding hydrogens is 442 g/mol. The number of hydrogen-bond donors (Lipinski definition) is 2. The van der Waals surface area contributed by atoms with E-state index >= 15 is 0 Å². The lowest BCUT2D eigenvalue weighted by atomic mass is 9.95. The van der Waals surface area contributed by atoms with Gasteiger partial charge in [0.2, 0.25) is 0 Å². The number of aliphatic imine (C=N–C) groups is 1. The molecular formula is C16H26FIN4OS. The van der Waals surface area contributed by atoms with Crippen LogP contribution in [0.2, 0.25) is 0 Å². The first-order valence-electron chi connectivity index (χ1n) is 8.07. The largest absolute Gasteiger partial charge is 0.354 e. The van der Waals surface area contributed by atoms with Crippen LogP contribution < -0.4 is 10.6 Å². The van der Waals surface area contributed by atoms with E-state index in [-0.39, 0.29) is 47.6 Å². The fourth-order valence-electron chi connectivity index (χ4n) is 2.85. The number of pyridine rings is 1. The molecule has 1 aromatic rings. The minimum atomic E-state index is -0.747. The summed E-state index contributed by atoms with van der Waals surface area (Å²) in [7, 11) is 0.942. The molecule has 1 aromatic heterocycles. The third-order valence-electron chi connectivity index (χ3n) is 4.10. The molecule has 0 radical (unpaired) electrons. The van der Waals surface area contributed by atoms with Gasteiger partial charge in [-0.15, -0.1) is 24.0 Å². The van der Waals surface area contributed by atoms with Crippen molar-refractivity contribution in [1.29, 1.82) is 0 Å². The summed E-state index contributed by atoms with van der Waals surface area (Å²) in [5.41, 5.74) is 0.365. The number of guanidine groups is 1. The molecule has 1 fully saturated rings. The first-order chi connectivity index (χ1) is 11.1. The Kier molecular flexibility index (Phi) is 9.72. The van der Waals surface area contributed by atoms with Crippen LogP contribution in [0.4, 0.5) is 4.39 Å². The molecule has 1 saturated carbocycles. The zero-order valence-corrected chi connectivity index (χ0v) is 17.3. The monoisotopic (exact) mass is 468 g/mol. The summed E-state index contributed by atoms with van der Waals surface area (Å²) in [6, 6.07) is 3.22. The van der Waals surface area contributed by atoms with Gasteiger partial charge in [0.1, 0.15) is 5.82 Å². The predicted molar refractivity (Wildman–Crippen MR) is 108 cm³/mol. The van der Waals surface area contributed by atoms with E-state index in [1.807, 2.05) is 6.92 Å². The average Bonchev–Trinajstić information content (AvgIpc) is 2.59. The van der Waals surface area contributed by atoms with Crippen LogP contribution in [0, 0.1) is 5.82 Å². The van der Waals surface area contributed by atoms with E-state index in [1.54, 1.807) is 19.3 Å². The van der Waals surface area contributed by atoms with Crippen LogP contribution in [0.15, 0.2) is 23.3 Å². The Labute approximate surface area is 162 Å². The first-order valence-corrected chi connectivity index (χ1v) is 9.46. The van der Waals surface area contributed by atoms with Crippen LogP contribution >= 0.6 is 24.0 Å². The fraction of sp³-hybridized carbons (Fsp3) is 0.625. The van der Waals surface area contributed by atoms with Crippen LogP contribution in [0.5, 0.6) is 0 Å². The Morgan fingerprint density at radius 3 is 2.96 bits per heavy atom. The Morgan fingerprint density at radius 2 is 2.29 bits per heavy atom. The van der Waals surface area contributed by atoms with Crippen molar-refractivity contribution in [3.05, 3.63) is 29.8 Å². The summed E-state index contributed by atoms with van der Waals surface area (Å²) in [6.45, 7) is 2.25. The summed E-state index contributed by atoms with van der Waals surface area (Å²) in [5, 5.41) is 6.71. The molecule has 24 heavy (non-hydrogen) atoms. The Balaban J connectivity index is 0.00000288. The maximum absolute atomic E-state index is 13.6. The molecule has 0 saturated heterocycles. The van der Waals surface area contributed by atoms with Gasteiger partial charge in [-0.05, 0) is 31.4 Å². The van der Waals surface area contributed by atoms with E-state index in [0.29, 0.717) is 17.4 Å².